The lowest BCUT2D eigenvalue weighted by molar-refractivity contribution is -0.0987. The summed E-state index contributed by atoms with van der Waals surface area (Å²) in [5.74, 6) is 2.60. The van der Waals surface area contributed by atoms with Crippen LogP contribution in [0.5, 0.6) is 17.2 Å². The molecule has 0 amide bonds. The van der Waals surface area contributed by atoms with Gasteiger partial charge in [-0.2, -0.15) is 0 Å². The molecule has 4 nitrogen and oxygen atoms in total. The number of hydrogen-bond acceptors (Lipinski definition) is 4. The third-order valence-corrected chi connectivity index (χ3v) is 3.85. The Balaban J connectivity index is 0.00000158. The molecule has 0 saturated carbocycles. The molecule has 0 aliphatic rings. The highest BCUT2D eigenvalue weighted by Gasteiger charge is 1.99. The highest BCUT2D eigenvalue weighted by molar-refractivity contribution is 5.36. The van der Waals surface area contributed by atoms with Gasteiger partial charge in [-0.1, -0.05) is 56.7 Å². The minimum Gasteiger partial charge on any atom is -0.494 e. The van der Waals surface area contributed by atoms with E-state index in [1.54, 1.807) is 0 Å². The molecular formula is C23H32O4. The largest absolute Gasteiger partial charge is 0.494 e. The Morgan fingerprint density at radius 2 is 1.11 bits per heavy atom. The second-order valence-electron chi connectivity index (χ2n) is 6.00. The van der Waals surface area contributed by atoms with Crippen LogP contribution >= 0.6 is 0 Å². The first-order valence-corrected chi connectivity index (χ1v) is 9.33. The molecule has 148 valence electrons. The van der Waals surface area contributed by atoms with Crippen LogP contribution in [-0.4, -0.2) is 20.2 Å². The first kappa shape index (κ1) is 24.4. The summed E-state index contributed by atoms with van der Waals surface area (Å²) in [5, 5.41) is 0. The van der Waals surface area contributed by atoms with Crippen LogP contribution in [0.15, 0.2) is 48.5 Å². The fourth-order valence-electron chi connectivity index (χ4n) is 2.42. The number of carbonyl (C=O) groups is 2. The number of rotatable bonds is 10. The van der Waals surface area contributed by atoms with E-state index in [0.717, 1.165) is 30.3 Å². The van der Waals surface area contributed by atoms with Gasteiger partial charge in [0.1, 0.15) is 30.8 Å². The van der Waals surface area contributed by atoms with Gasteiger partial charge in [-0.3, -0.25) is 0 Å². The summed E-state index contributed by atoms with van der Waals surface area (Å²) < 4.78 is 11.6. The second-order valence-corrected chi connectivity index (χ2v) is 6.00. The maximum Gasteiger partial charge on any atom is 0.127 e. The van der Waals surface area contributed by atoms with E-state index in [2.05, 4.69) is 13.8 Å². The Labute approximate surface area is 163 Å². The summed E-state index contributed by atoms with van der Waals surface area (Å²) in [5.41, 5.74) is 1.23. The number of aryl methyl sites for hydroxylation is 1. The molecule has 0 N–H and O–H groups in total. The topological polar surface area (TPSA) is 52.6 Å². The van der Waals surface area contributed by atoms with Gasteiger partial charge in [0.15, 0.2) is 0 Å². The van der Waals surface area contributed by atoms with Gasteiger partial charge in [-0.25, -0.2) is 0 Å². The highest BCUT2D eigenvalue weighted by Crippen LogP contribution is 2.24. The Morgan fingerprint density at radius 3 is 1.67 bits per heavy atom. The van der Waals surface area contributed by atoms with Crippen molar-refractivity contribution < 1.29 is 19.1 Å². The number of carbonyl (C=O) groups excluding carboxylic acids is 2. The van der Waals surface area contributed by atoms with E-state index in [1.807, 2.05) is 62.1 Å². The van der Waals surface area contributed by atoms with Crippen molar-refractivity contribution in [3.8, 4) is 17.2 Å². The normalized spacial score (nSPS) is 9.26. The van der Waals surface area contributed by atoms with Gasteiger partial charge in [0.25, 0.3) is 0 Å². The monoisotopic (exact) mass is 372 g/mol. The molecule has 0 saturated heterocycles. The predicted octanol–water partition coefficient (Wildman–Crippen LogP) is 6.16. The van der Waals surface area contributed by atoms with Gasteiger partial charge in [0.2, 0.25) is 0 Å². The van der Waals surface area contributed by atoms with Crippen molar-refractivity contribution in [2.24, 2.45) is 0 Å². The molecule has 0 spiro atoms. The molecule has 0 aliphatic carbocycles. The summed E-state index contributed by atoms with van der Waals surface area (Å²) in [7, 11) is 0. The summed E-state index contributed by atoms with van der Waals surface area (Å²) in [4.78, 5) is 16.0. The molecule has 0 unspecified atom stereocenters. The van der Waals surface area contributed by atoms with Gasteiger partial charge >= 0.3 is 0 Å². The summed E-state index contributed by atoms with van der Waals surface area (Å²) in [6.07, 6.45) is 7.71. The number of ether oxygens (including phenoxy) is 2. The lowest BCUT2D eigenvalue weighted by atomic mass is 10.1. The molecule has 2 aromatic rings. The second kappa shape index (κ2) is 16.8. The SMILES string of the molecule is C=O.C=O.CCCCCCCCOc1ccc(Oc2ccc(C)cc2)cc1. The van der Waals surface area contributed by atoms with Crippen molar-refractivity contribution in [3.05, 3.63) is 54.1 Å². The minimum atomic E-state index is 0.796. The average molecular weight is 373 g/mol. The zero-order valence-electron chi connectivity index (χ0n) is 16.6. The van der Waals surface area contributed by atoms with Crippen molar-refractivity contribution in [2.75, 3.05) is 6.61 Å². The third-order valence-electron chi connectivity index (χ3n) is 3.85. The molecule has 2 rings (SSSR count). The van der Waals surface area contributed by atoms with E-state index in [1.165, 1.54) is 37.7 Å². The number of unbranched alkanes of at least 4 members (excludes halogenated alkanes) is 5. The van der Waals surface area contributed by atoms with E-state index < -0.39 is 0 Å². The first-order chi connectivity index (χ1) is 13.3. The smallest absolute Gasteiger partial charge is 0.127 e. The van der Waals surface area contributed by atoms with Crippen LogP contribution in [0.2, 0.25) is 0 Å². The van der Waals surface area contributed by atoms with Gasteiger partial charge < -0.3 is 19.1 Å². The Bertz CT molecular complexity index is 576. The van der Waals surface area contributed by atoms with Crippen molar-refractivity contribution >= 4 is 13.6 Å². The molecule has 0 aromatic heterocycles. The van der Waals surface area contributed by atoms with Crippen LogP contribution in [0.3, 0.4) is 0 Å². The lowest BCUT2D eigenvalue weighted by Gasteiger charge is -2.09. The zero-order valence-corrected chi connectivity index (χ0v) is 16.6. The minimum absolute atomic E-state index is 0.796. The van der Waals surface area contributed by atoms with Crippen molar-refractivity contribution in [1.29, 1.82) is 0 Å². The standard InChI is InChI=1S/C21H28O2.2CH2O/c1-3-4-5-6-7-8-17-22-19-13-15-21(16-14-19)23-20-11-9-18(2)10-12-20;2*1-2/h9-16H,3-8,17H2,1-2H3;2*1H2. The van der Waals surface area contributed by atoms with Crippen LogP contribution in [-0.2, 0) is 9.59 Å². The summed E-state index contributed by atoms with van der Waals surface area (Å²) >= 11 is 0. The van der Waals surface area contributed by atoms with Crippen LogP contribution in [0.4, 0.5) is 0 Å². The van der Waals surface area contributed by atoms with E-state index in [-0.39, 0.29) is 0 Å². The van der Waals surface area contributed by atoms with Crippen LogP contribution in [0, 0.1) is 6.92 Å². The quantitative estimate of drug-likeness (QED) is 0.469. The summed E-state index contributed by atoms with van der Waals surface area (Å²) in [6.45, 7) is 9.11. The Kier molecular flexibility index (Phi) is 15.2. The maximum absolute atomic E-state index is 8.00. The highest BCUT2D eigenvalue weighted by atomic mass is 16.5. The van der Waals surface area contributed by atoms with Gasteiger partial charge in [0.05, 0.1) is 6.61 Å². The van der Waals surface area contributed by atoms with E-state index in [9.17, 15) is 0 Å². The Hall–Kier alpha value is -2.62. The van der Waals surface area contributed by atoms with E-state index in [4.69, 9.17) is 19.1 Å². The molecule has 4 heteroatoms. The fraction of sp³-hybridized carbons (Fsp3) is 0.391. The third kappa shape index (κ3) is 11.6. The molecular weight excluding hydrogens is 340 g/mol. The van der Waals surface area contributed by atoms with Gasteiger partial charge in [-0.15, -0.1) is 0 Å². The predicted molar refractivity (Wildman–Crippen MR) is 111 cm³/mol. The van der Waals surface area contributed by atoms with Gasteiger partial charge in [-0.05, 0) is 49.7 Å². The van der Waals surface area contributed by atoms with Crippen LogP contribution in [0.1, 0.15) is 51.0 Å². The molecule has 27 heavy (non-hydrogen) atoms. The molecule has 2 aromatic carbocycles. The summed E-state index contributed by atoms with van der Waals surface area (Å²) in [6, 6.07) is 15.9. The van der Waals surface area contributed by atoms with Crippen molar-refractivity contribution in [2.45, 2.75) is 52.4 Å². The van der Waals surface area contributed by atoms with E-state index in [0.29, 0.717) is 0 Å². The lowest BCUT2D eigenvalue weighted by Crippen LogP contribution is -1.97. The molecule has 0 aliphatic heterocycles. The zero-order chi connectivity index (χ0) is 20.3. The molecule has 0 atom stereocenters. The van der Waals surface area contributed by atoms with Gasteiger partial charge in [0, 0.05) is 0 Å². The van der Waals surface area contributed by atoms with Crippen molar-refractivity contribution in [1.82, 2.24) is 0 Å². The fourth-order valence-corrected chi connectivity index (χ4v) is 2.42. The number of benzene rings is 2. The number of hydrogen-bond donors (Lipinski definition) is 0. The molecule has 0 radical (unpaired) electrons. The molecule has 0 bridgehead atoms. The van der Waals surface area contributed by atoms with Crippen LogP contribution in [0.25, 0.3) is 0 Å². The average Bonchev–Trinajstić information content (AvgIpc) is 2.73. The van der Waals surface area contributed by atoms with Crippen LogP contribution < -0.4 is 9.47 Å². The molecule has 0 fully saturated rings. The van der Waals surface area contributed by atoms with E-state index >= 15 is 0 Å². The van der Waals surface area contributed by atoms with Crippen molar-refractivity contribution in [3.63, 3.8) is 0 Å². The Morgan fingerprint density at radius 1 is 0.667 bits per heavy atom. The molecule has 0 heterocycles. The maximum atomic E-state index is 8.00. The first-order valence-electron chi connectivity index (χ1n) is 9.33.